The molecule has 0 saturated heterocycles. The lowest BCUT2D eigenvalue weighted by atomic mass is 10.1. The Morgan fingerprint density at radius 2 is 2.11 bits per heavy atom. The van der Waals surface area contributed by atoms with Gasteiger partial charge in [0, 0.05) is 18.9 Å². The largest absolute Gasteiger partial charge is 0.369 e. The SMILES string of the molecule is CC.CNc1ncc2n(c1=O)C(C(C)=O)CCCC2. The molecular formula is C14H23N3O2. The standard InChI is InChI=1S/C12H17N3O2.C2H6/c1-8(16)10-6-4-3-5-9-7-14-11(13-2)12(17)15(9)10;1-2/h7,10H,3-6H2,1-2H3,(H,13,14);1-2H3. The average molecular weight is 265 g/mol. The highest BCUT2D eigenvalue weighted by atomic mass is 16.1. The minimum absolute atomic E-state index is 0.0449. The van der Waals surface area contributed by atoms with Gasteiger partial charge in [-0.25, -0.2) is 4.98 Å². The van der Waals surface area contributed by atoms with Gasteiger partial charge in [-0.15, -0.1) is 0 Å². The van der Waals surface area contributed by atoms with Gasteiger partial charge in [-0.2, -0.15) is 0 Å². The number of anilines is 1. The Morgan fingerprint density at radius 1 is 1.42 bits per heavy atom. The number of rotatable bonds is 2. The van der Waals surface area contributed by atoms with Crippen LogP contribution >= 0.6 is 0 Å². The fourth-order valence-electron chi connectivity index (χ4n) is 2.36. The van der Waals surface area contributed by atoms with Crippen molar-refractivity contribution in [2.24, 2.45) is 0 Å². The van der Waals surface area contributed by atoms with Crippen molar-refractivity contribution in [3.8, 4) is 0 Å². The van der Waals surface area contributed by atoms with E-state index < -0.39 is 0 Å². The van der Waals surface area contributed by atoms with E-state index in [0.29, 0.717) is 5.82 Å². The molecule has 1 aromatic rings. The summed E-state index contributed by atoms with van der Waals surface area (Å²) in [4.78, 5) is 28.0. The molecule has 0 fully saturated rings. The molecule has 1 aliphatic heterocycles. The van der Waals surface area contributed by atoms with Gasteiger partial charge in [0.1, 0.15) is 0 Å². The zero-order valence-corrected chi connectivity index (χ0v) is 12.2. The number of ketones is 1. The van der Waals surface area contributed by atoms with E-state index in [2.05, 4.69) is 10.3 Å². The van der Waals surface area contributed by atoms with Crippen molar-refractivity contribution in [1.29, 1.82) is 0 Å². The third kappa shape index (κ3) is 3.22. The second kappa shape index (κ2) is 7.07. The van der Waals surface area contributed by atoms with Gasteiger partial charge in [0.05, 0.1) is 6.04 Å². The van der Waals surface area contributed by atoms with Gasteiger partial charge < -0.3 is 5.32 Å². The van der Waals surface area contributed by atoms with Gasteiger partial charge in [0.25, 0.3) is 5.56 Å². The Bertz CT molecular complexity index is 494. The third-order valence-corrected chi connectivity index (χ3v) is 3.25. The van der Waals surface area contributed by atoms with Crippen LogP contribution in [0.4, 0.5) is 5.82 Å². The van der Waals surface area contributed by atoms with Gasteiger partial charge >= 0.3 is 0 Å². The van der Waals surface area contributed by atoms with Gasteiger partial charge in [0.2, 0.25) is 0 Å². The van der Waals surface area contributed by atoms with Crippen LogP contribution < -0.4 is 10.9 Å². The van der Waals surface area contributed by atoms with Crippen LogP contribution in [-0.4, -0.2) is 22.4 Å². The Morgan fingerprint density at radius 3 is 2.68 bits per heavy atom. The molecule has 5 heteroatoms. The van der Waals surface area contributed by atoms with E-state index in [9.17, 15) is 9.59 Å². The molecule has 0 bridgehead atoms. The van der Waals surface area contributed by atoms with Crippen molar-refractivity contribution in [3.05, 3.63) is 22.2 Å². The monoisotopic (exact) mass is 265 g/mol. The van der Waals surface area contributed by atoms with Crippen LogP contribution in [0.3, 0.4) is 0 Å². The molecule has 0 radical (unpaired) electrons. The summed E-state index contributed by atoms with van der Waals surface area (Å²) in [5.41, 5.74) is 0.679. The van der Waals surface area contributed by atoms with Crippen molar-refractivity contribution in [2.75, 3.05) is 12.4 Å². The molecule has 0 aliphatic carbocycles. The third-order valence-electron chi connectivity index (χ3n) is 3.25. The highest BCUT2D eigenvalue weighted by molar-refractivity contribution is 5.80. The zero-order valence-electron chi connectivity index (χ0n) is 12.2. The molecule has 0 saturated carbocycles. The van der Waals surface area contributed by atoms with Crippen LogP contribution in [0, 0.1) is 0 Å². The highest BCUT2D eigenvalue weighted by Gasteiger charge is 2.24. The summed E-state index contributed by atoms with van der Waals surface area (Å²) >= 11 is 0. The van der Waals surface area contributed by atoms with Crippen molar-refractivity contribution in [2.45, 2.75) is 52.5 Å². The van der Waals surface area contributed by atoms with Crippen LogP contribution in [0.5, 0.6) is 0 Å². The van der Waals surface area contributed by atoms with Gasteiger partial charge in [-0.1, -0.05) is 20.3 Å². The maximum Gasteiger partial charge on any atom is 0.294 e. The first-order valence-electron chi connectivity index (χ1n) is 6.93. The fraction of sp³-hybridized carbons (Fsp3) is 0.643. The molecule has 0 aromatic carbocycles. The molecule has 0 spiro atoms. The van der Waals surface area contributed by atoms with Crippen molar-refractivity contribution in [3.63, 3.8) is 0 Å². The topological polar surface area (TPSA) is 64.0 Å². The molecule has 106 valence electrons. The van der Waals surface area contributed by atoms with E-state index in [1.54, 1.807) is 24.7 Å². The Balaban J connectivity index is 0.000000861. The van der Waals surface area contributed by atoms with Crippen molar-refractivity contribution in [1.82, 2.24) is 9.55 Å². The first-order valence-corrected chi connectivity index (χ1v) is 6.93. The summed E-state index contributed by atoms with van der Waals surface area (Å²) in [6, 6.07) is -0.324. The minimum atomic E-state index is -0.324. The first kappa shape index (κ1) is 15.4. The van der Waals surface area contributed by atoms with E-state index in [0.717, 1.165) is 31.4 Å². The highest BCUT2D eigenvalue weighted by Crippen LogP contribution is 2.22. The lowest BCUT2D eigenvalue weighted by molar-refractivity contribution is -0.120. The summed E-state index contributed by atoms with van der Waals surface area (Å²) in [5, 5.41) is 2.77. The summed E-state index contributed by atoms with van der Waals surface area (Å²) in [6.45, 7) is 5.55. The molecule has 1 N–H and O–H groups in total. The van der Waals surface area contributed by atoms with Crippen LogP contribution in [0.2, 0.25) is 0 Å². The number of fused-ring (bicyclic) bond motifs is 1. The molecule has 19 heavy (non-hydrogen) atoms. The molecule has 1 aromatic heterocycles. The molecule has 2 rings (SSSR count). The number of aromatic nitrogens is 2. The van der Waals surface area contributed by atoms with E-state index in [1.165, 1.54) is 0 Å². The van der Waals surface area contributed by atoms with Crippen LogP contribution in [0.1, 0.15) is 51.8 Å². The predicted octanol–water partition coefficient (Wildman–Crippen LogP) is 2.17. The maximum absolute atomic E-state index is 12.2. The number of hydrogen-bond donors (Lipinski definition) is 1. The van der Waals surface area contributed by atoms with Crippen LogP contribution in [0.15, 0.2) is 11.0 Å². The molecule has 1 aliphatic rings. The van der Waals surface area contributed by atoms with Crippen molar-refractivity contribution < 1.29 is 4.79 Å². The van der Waals surface area contributed by atoms with E-state index >= 15 is 0 Å². The van der Waals surface area contributed by atoms with Gasteiger partial charge in [-0.3, -0.25) is 14.2 Å². The normalized spacial score (nSPS) is 17.6. The minimum Gasteiger partial charge on any atom is -0.369 e. The quantitative estimate of drug-likeness (QED) is 0.890. The molecule has 2 heterocycles. The number of carbonyl (C=O) groups is 1. The molecule has 1 unspecified atom stereocenters. The number of Topliss-reactive ketones (excluding diaryl/α,β-unsaturated/α-hetero) is 1. The van der Waals surface area contributed by atoms with Gasteiger partial charge in [0.15, 0.2) is 11.6 Å². The number of hydrogen-bond acceptors (Lipinski definition) is 4. The zero-order chi connectivity index (χ0) is 14.4. The van der Waals surface area contributed by atoms with Crippen LogP contribution in [-0.2, 0) is 11.2 Å². The van der Waals surface area contributed by atoms with E-state index in [-0.39, 0.29) is 17.4 Å². The van der Waals surface area contributed by atoms with E-state index in [1.807, 2.05) is 13.8 Å². The fourth-order valence-corrected chi connectivity index (χ4v) is 2.36. The lowest BCUT2D eigenvalue weighted by Crippen LogP contribution is -2.32. The average Bonchev–Trinajstić information content (AvgIpc) is 2.64. The predicted molar refractivity (Wildman–Crippen MR) is 76.7 cm³/mol. The Hall–Kier alpha value is -1.65. The summed E-state index contributed by atoms with van der Waals surface area (Å²) < 4.78 is 1.62. The maximum atomic E-state index is 12.2. The lowest BCUT2D eigenvalue weighted by Gasteiger charge is -2.18. The number of nitrogens with zero attached hydrogens (tertiary/aromatic N) is 2. The van der Waals surface area contributed by atoms with Crippen LogP contribution in [0.25, 0.3) is 0 Å². The second-order valence-electron chi connectivity index (χ2n) is 4.40. The Kier molecular flexibility index (Phi) is 5.73. The van der Waals surface area contributed by atoms with Crippen molar-refractivity contribution >= 4 is 11.6 Å². The molecule has 0 amide bonds. The summed E-state index contributed by atoms with van der Waals surface area (Å²) in [5.74, 6) is 0.352. The number of nitrogens with one attached hydrogen (secondary N) is 1. The molecular weight excluding hydrogens is 242 g/mol. The number of aryl methyl sites for hydroxylation is 1. The van der Waals surface area contributed by atoms with Gasteiger partial charge in [-0.05, 0) is 26.2 Å². The molecule has 1 atom stereocenters. The Labute approximate surface area is 114 Å². The summed E-state index contributed by atoms with van der Waals surface area (Å²) in [6.07, 6.45) is 5.24. The second-order valence-corrected chi connectivity index (χ2v) is 4.40. The molecule has 5 nitrogen and oxygen atoms in total. The van der Waals surface area contributed by atoms with E-state index in [4.69, 9.17) is 0 Å². The summed E-state index contributed by atoms with van der Waals surface area (Å²) in [7, 11) is 1.66. The smallest absolute Gasteiger partial charge is 0.294 e. The number of carbonyl (C=O) groups excluding carboxylic acids is 1. The first-order chi connectivity index (χ1) is 9.15.